The summed E-state index contributed by atoms with van der Waals surface area (Å²) >= 11 is 0. The number of hydrogen-bond donors (Lipinski definition) is 3. The third-order valence-corrected chi connectivity index (χ3v) is 7.46. The van der Waals surface area contributed by atoms with Crippen LogP contribution >= 0.6 is 7.82 Å². The molecule has 2 unspecified atom stereocenters. The molecule has 11 nitrogen and oxygen atoms in total. The lowest BCUT2D eigenvalue weighted by Crippen LogP contribution is -2.34. The van der Waals surface area contributed by atoms with Gasteiger partial charge in [0.25, 0.3) is 0 Å². The van der Waals surface area contributed by atoms with E-state index in [2.05, 4.69) is 54.8 Å². The number of phosphoric ester groups is 1. The lowest BCUT2D eigenvalue weighted by Gasteiger charge is -2.20. The molecule has 0 saturated heterocycles. The van der Waals surface area contributed by atoms with Crippen LogP contribution in [0.5, 0.6) is 0 Å². The van der Waals surface area contributed by atoms with E-state index in [-0.39, 0.29) is 19.4 Å². The average Bonchev–Trinajstić information content (AvgIpc) is 3.05. The van der Waals surface area contributed by atoms with Crippen molar-refractivity contribution in [3.05, 3.63) is 72.9 Å². The van der Waals surface area contributed by atoms with E-state index in [1.165, 1.54) is 0 Å². The summed E-state index contributed by atoms with van der Waals surface area (Å²) in [4.78, 5) is 45.5. The predicted molar refractivity (Wildman–Crippen MR) is 189 cm³/mol. The molecule has 0 aliphatic rings. The molecular formula is C36H58NO10P. The zero-order valence-electron chi connectivity index (χ0n) is 28.8. The Hall–Kier alpha value is -3.08. The van der Waals surface area contributed by atoms with Gasteiger partial charge in [0, 0.05) is 12.8 Å². The maximum absolute atomic E-state index is 12.5. The summed E-state index contributed by atoms with van der Waals surface area (Å²) in [5, 5.41) is 8.83. The first-order valence-corrected chi connectivity index (χ1v) is 18.5. The number of hydrogen-bond acceptors (Lipinski definition) is 9. The molecule has 0 radical (unpaired) electrons. The molecule has 0 heterocycles. The largest absolute Gasteiger partial charge is 0.480 e. The van der Waals surface area contributed by atoms with E-state index in [1.54, 1.807) is 0 Å². The highest BCUT2D eigenvalue weighted by Crippen LogP contribution is 2.43. The Morgan fingerprint density at radius 3 is 1.92 bits per heavy atom. The standard InChI is InChI=1S/C36H58NO10P/c1-3-5-7-9-11-13-15-16-18-20-22-24-26-28-35(39)47-32(30-45-48(42,43)46-31-33(37)36(40)41)29-44-34(38)27-25-23-21-19-17-14-12-10-8-6-4-2/h5-9,11-15,19,21,32-33H,3-4,10,16-18,20,22-31,37H2,1-2H3,(H,40,41)(H,42,43)/b7-5+,8-6+,11-9+,14-12+,15-13+,21-19+/t32?,33-/m0/s1. The number of rotatable bonds is 30. The first-order chi connectivity index (χ1) is 23.1. The van der Waals surface area contributed by atoms with Gasteiger partial charge in [0.2, 0.25) is 0 Å². The smallest absolute Gasteiger partial charge is 0.472 e. The van der Waals surface area contributed by atoms with Crippen molar-refractivity contribution in [1.82, 2.24) is 0 Å². The summed E-state index contributed by atoms with van der Waals surface area (Å²) in [6, 6.07) is -1.53. The van der Waals surface area contributed by atoms with Crippen molar-refractivity contribution < 1.29 is 47.5 Å². The summed E-state index contributed by atoms with van der Waals surface area (Å²) in [6.07, 6.45) is 34.3. The number of esters is 2. The number of carboxylic acid groups (broad SMARTS) is 1. The maximum Gasteiger partial charge on any atom is 0.472 e. The molecule has 0 aliphatic heterocycles. The van der Waals surface area contributed by atoms with E-state index in [0.717, 1.165) is 57.8 Å². The number of carbonyl (C=O) groups is 3. The molecule has 0 saturated carbocycles. The Bertz CT molecular complexity index is 1100. The van der Waals surface area contributed by atoms with Gasteiger partial charge in [0.15, 0.2) is 6.10 Å². The van der Waals surface area contributed by atoms with Gasteiger partial charge in [-0.2, -0.15) is 0 Å². The Morgan fingerprint density at radius 2 is 1.23 bits per heavy atom. The van der Waals surface area contributed by atoms with E-state index < -0.39 is 51.1 Å². The molecule has 0 amide bonds. The number of nitrogens with two attached hydrogens (primary N) is 1. The molecule has 0 fully saturated rings. The fourth-order valence-electron chi connectivity index (χ4n) is 3.85. The van der Waals surface area contributed by atoms with Gasteiger partial charge in [-0.3, -0.25) is 23.4 Å². The van der Waals surface area contributed by atoms with Crippen LogP contribution in [0.2, 0.25) is 0 Å². The van der Waals surface area contributed by atoms with Gasteiger partial charge in [-0.1, -0.05) is 106 Å². The minimum Gasteiger partial charge on any atom is -0.480 e. The summed E-state index contributed by atoms with van der Waals surface area (Å²) in [5.74, 6) is -2.49. The number of aliphatic carboxylic acids is 1. The Labute approximate surface area is 287 Å². The maximum atomic E-state index is 12.5. The van der Waals surface area contributed by atoms with Crippen LogP contribution in [0, 0.1) is 0 Å². The Balaban J connectivity index is 4.63. The minimum absolute atomic E-state index is 0.123. The van der Waals surface area contributed by atoms with Crippen molar-refractivity contribution in [2.24, 2.45) is 5.73 Å². The van der Waals surface area contributed by atoms with Crippen LogP contribution in [0.4, 0.5) is 0 Å². The summed E-state index contributed by atoms with van der Waals surface area (Å²) < 4.78 is 32.3. The van der Waals surface area contributed by atoms with Crippen LogP contribution in [0.15, 0.2) is 72.9 Å². The fraction of sp³-hybridized carbons (Fsp3) is 0.583. The molecular weight excluding hydrogens is 637 g/mol. The normalized spacial score (nSPS) is 14.9. The van der Waals surface area contributed by atoms with Gasteiger partial charge in [-0.25, -0.2) is 4.57 Å². The topological polar surface area (TPSA) is 172 Å². The predicted octanol–water partition coefficient (Wildman–Crippen LogP) is 7.83. The lowest BCUT2D eigenvalue weighted by molar-refractivity contribution is -0.161. The first-order valence-electron chi connectivity index (χ1n) is 17.0. The Kier molecular flexibility index (Phi) is 29.2. The van der Waals surface area contributed by atoms with Crippen molar-refractivity contribution in [1.29, 1.82) is 0 Å². The highest BCUT2D eigenvalue weighted by Gasteiger charge is 2.28. The fourth-order valence-corrected chi connectivity index (χ4v) is 4.63. The number of phosphoric acid groups is 1. The summed E-state index contributed by atoms with van der Waals surface area (Å²) in [5.41, 5.74) is 5.29. The van der Waals surface area contributed by atoms with Gasteiger partial charge >= 0.3 is 25.7 Å². The molecule has 12 heteroatoms. The van der Waals surface area contributed by atoms with E-state index in [9.17, 15) is 23.8 Å². The zero-order chi connectivity index (χ0) is 35.7. The third-order valence-electron chi connectivity index (χ3n) is 6.51. The van der Waals surface area contributed by atoms with Gasteiger partial charge in [-0.15, -0.1) is 0 Å². The third kappa shape index (κ3) is 30.3. The van der Waals surface area contributed by atoms with E-state index in [0.29, 0.717) is 19.3 Å². The molecule has 0 spiro atoms. The van der Waals surface area contributed by atoms with Crippen molar-refractivity contribution in [3.8, 4) is 0 Å². The number of ether oxygens (including phenoxy) is 2. The highest BCUT2D eigenvalue weighted by molar-refractivity contribution is 7.47. The molecule has 0 bridgehead atoms. The SMILES string of the molecule is CC/C=C/C=C/C=C/CCCCCCCC(=O)OC(COC(=O)CCC/C=C/C/C=C/C/C=C/CC)COP(=O)(O)OC[C@H](N)C(=O)O. The van der Waals surface area contributed by atoms with Crippen LogP contribution in [0.1, 0.15) is 104 Å². The molecule has 272 valence electrons. The molecule has 4 N–H and O–H groups in total. The van der Waals surface area contributed by atoms with E-state index >= 15 is 0 Å². The van der Waals surface area contributed by atoms with Gasteiger partial charge < -0.3 is 25.2 Å². The number of carbonyl (C=O) groups excluding carboxylic acids is 2. The van der Waals surface area contributed by atoms with Crippen LogP contribution < -0.4 is 5.73 Å². The monoisotopic (exact) mass is 695 g/mol. The molecule has 0 aromatic carbocycles. The highest BCUT2D eigenvalue weighted by atomic mass is 31.2. The molecule has 0 aromatic heterocycles. The van der Waals surface area contributed by atoms with Gasteiger partial charge in [0.1, 0.15) is 12.6 Å². The van der Waals surface area contributed by atoms with Crippen molar-refractivity contribution in [3.63, 3.8) is 0 Å². The second-order valence-corrected chi connectivity index (χ2v) is 12.4. The first kappa shape index (κ1) is 44.9. The van der Waals surface area contributed by atoms with Crippen LogP contribution in [0.25, 0.3) is 0 Å². The zero-order valence-corrected chi connectivity index (χ0v) is 29.7. The van der Waals surface area contributed by atoms with Crippen LogP contribution in [0.3, 0.4) is 0 Å². The van der Waals surface area contributed by atoms with E-state index in [1.807, 2.05) is 36.5 Å². The molecule has 0 rings (SSSR count). The lowest BCUT2D eigenvalue weighted by atomic mass is 10.1. The number of unbranched alkanes of at least 4 members (excludes halogenated alkanes) is 6. The van der Waals surface area contributed by atoms with Crippen LogP contribution in [-0.4, -0.2) is 59.9 Å². The summed E-state index contributed by atoms with van der Waals surface area (Å²) in [7, 11) is -4.73. The quantitative estimate of drug-likeness (QED) is 0.0220. The van der Waals surface area contributed by atoms with E-state index in [4.69, 9.17) is 24.8 Å². The minimum atomic E-state index is -4.73. The number of carboxylic acids is 1. The van der Waals surface area contributed by atoms with Gasteiger partial charge in [-0.05, 0) is 57.8 Å². The summed E-state index contributed by atoms with van der Waals surface area (Å²) in [6.45, 7) is 2.41. The van der Waals surface area contributed by atoms with Crippen molar-refractivity contribution >= 4 is 25.7 Å². The Morgan fingerprint density at radius 1 is 0.667 bits per heavy atom. The van der Waals surface area contributed by atoms with Crippen molar-refractivity contribution in [2.75, 3.05) is 19.8 Å². The molecule has 0 aromatic rings. The molecule has 48 heavy (non-hydrogen) atoms. The van der Waals surface area contributed by atoms with Crippen molar-refractivity contribution in [2.45, 2.75) is 116 Å². The second-order valence-electron chi connectivity index (χ2n) is 10.9. The number of allylic oxidation sites excluding steroid dienone is 12. The molecule has 0 aliphatic carbocycles. The second kappa shape index (κ2) is 31.2. The van der Waals surface area contributed by atoms with Crippen LogP contribution in [-0.2, 0) is 37.5 Å². The van der Waals surface area contributed by atoms with Gasteiger partial charge in [0.05, 0.1) is 13.2 Å². The average molecular weight is 696 g/mol. The molecule has 3 atom stereocenters.